The van der Waals surface area contributed by atoms with Crippen molar-refractivity contribution in [1.82, 2.24) is 10.2 Å². The summed E-state index contributed by atoms with van der Waals surface area (Å²) >= 11 is 0. The predicted molar refractivity (Wildman–Crippen MR) is 99.4 cm³/mol. The maximum absolute atomic E-state index is 13.3. The fourth-order valence-electron chi connectivity index (χ4n) is 3.20. The minimum atomic E-state index is -0.252. The van der Waals surface area contributed by atoms with Gasteiger partial charge in [0, 0.05) is 19.6 Å². The van der Waals surface area contributed by atoms with E-state index in [1.54, 1.807) is 12.1 Å². The summed E-state index contributed by atoms with van der Waals surface area (Å²) in [4.78, 5) is 14.6. The SMILES string of the molecule is Cc1ccc(CC(=O)NC[C@H](c2ccc(F)cc2)N2CCOCC2)cc1. The number of carbonyl (C=O) groups is 1. The van der Waals surface area contributed by atoms with Crippen molar-refractivity contribution in [3.8, 4) is 0 Å². The van der Waals surface area contributed by atoms with Gasteiger partial charge >= 0.3 is 0 Å². The van der Waals surface area contributed by atoms with Crippen LogP contribution in [0.15, 0.2) is 48.5 Å². The molecular weight excluding hydrogens is 331 g/mol. The number of benzene rings is 2. The minimum absolute atomic E-state index is 0.00535. The molecule has 1 aliphatic heterocycles. The molecule has 1 atom stereocenters. The van der Waals surface area contributed by atoms with E-state index in [4.69, 9.17) is 4.74 Å². The van der Waals surface area contributed by atoms with Gasteiger partial charge in [0.1, 0.15) is 5.82 Å². The van der Waals surface area contributed by atoms with E-state index in [0.29, 0.717) is 26.2 Å². The summed E-state index contributed by atoms with van der Waals surface area (Å²) in [6.07, 6.45) is 0.361. The van der Waals surface area contributed by atoms with E-state index in [2.05, 4.69) is 10.2 Å². The summed E-state index contributed by atoms with van der Waals surface area (Å²) in [6.45, 7) is 5.48. The third-order valence-electron chi connectivity index (χ3n) is 4.72. The van der Waals surface area contributed by atoms with Crippen LogP contribution in [0.5, 0.6) is 0 Å². The van der Waals surface area contributed by atoms with Crippen LogP contribution in [-0.2, 0) is 16.0 Å². The second-order valence-corrected chi connectivity index (χ2v) is 6.68. The molecule has 1 heterocycles. The lowest BCUT2D eigenvalue weighted by molar-refractivity contribution is -0.120. The van der Waals surface area contributed by atoms with Crippen LogP contribution in [-0.4, -0.2) is 43.7 Å². The smallest absolute Gasteiger partial charge is 0.224 e. The molecule has 26 heavy (non-hydrogen) atoms. The van der Waals surface area contributed by atoms with E-state index in [0.717, 1.165) is 24.2 Å². The summed E-state index contributed by atoms with van der Waals surface area (Å²) in [7, 11) is 0. The molecule has 1 aliphatic rings. The Morgan fingerprint density at radius 3 is 2.42 bits per heavy atom. The highest BCUT2D eigenvalue weighted by atomic mass is 19.1. The molecule has 1 fully saturated rings. The van der Waals surface area contributed by atoms with Gasteiger partial charge in [0.15, 0.2) is 0 Å². The lowest BCUT2D eigenvalue weighted by atomic mass is 10.0. The number of halogens is 1. The molecule has 0 unspecified atom stereocenters. The topological polar surface area (TPSA) is 41.6 Å². The first-order chi connectivity index (χ1) is 12.6. The van der Waals surface area contributed by atoms with Crippen molar-refractivity contribution in [2.45, 2.75) is 19.4 Å². The van der Waals surface area contributed by atoms with Crippen LogP contribution in [0.1, 0.15) is 22.7 Å². The molecule has 138 valence electrons. The second kappa shape index (κ2) is 8.92. The molecule has 0 bridgehead atoms. The van der Waals surface area contributed by atoms with Crippen LogP contribution < -0.4 is 5.32 Å². The number of nitrogens with one attached hydrogen (secondary N) is 1. The Hall–Kier alpha value is -2.24. The molecule has 5 heteroatoms. The van der Waals surface area contributed by atoms with Crippen molar-refractivity contribution in [2.24, 2.45) is 0 Å². The number of hydrogen-bond donors (Lipinski definition) is 1. The third-order valence-corrected chi connectivity index (χ3v) is 4.72. The van der Waals surface area contributed by atoms with E-state index in [-0.39, 0.29) is 17.8 Å². The summed E-state index contributed by atoms with van der Waals surface area (Å²) in [6, 6.07) is 14.5. The van der Waals surface area contributed by atoms with Gasteiger partial charge in [-0.2, -0.15) is 0 Å². The van der Waals surface area contributed by atoms with Crippen LogP contribution in [0.3, 0.4) is 0 Å². The fourth-order valence-corrected chi connectivity index (χ4v) is 3.20. The Kier molecular flexibility index (Phi) is 6.36. The monoisotopic (exact) mass is 356 g/mol. The fraction of sp³-hybridized carbons (Fsp3) is 0.381. The Balaban J connectivity index is 1.64. The van der Waals surface area contributed by atoms with Crippen molar-refractivity contribution in [3.05, 3.63) is 71.0 Å². The van der Waals surface area contributed by atoms with Gasteiger partial charge in [-0.1, -0.05) is 42.0 Å². The van der Waals surface area contributed by atoms with E-state index in [1.807, 2.05) is 31.2 Å². The van der Waals surface area contributed by atoms with Crippen molar-refractivity contribution in [1.29, 1.82) is 0 Å². The molecule has 0 radical (unpaired) electrons. The van der Waals surface area contributed by atoms with E-state index in [1.165, 1.54) is 17.7 Å². The van der Waals surface area contributed by atoms with Crippen LogP contribution in [0.2, 0.25) is 0 Å². The molecule has 0 aromatic heterocycles. The summed E-state index contributed by atoms with van der Waals surface area (Å²) in [5.41, 5.74) is 3.18. The Morgan fingerprint density at radius 2 is 1.77 bits per heavy atom. The molecule has 2 aromatic carbocycles. The van der Waals surface area contributed by atoms with Crippen molar-refractivity contribution in [2.75, 3.05) is 32.8 Å². The zero-order chi connectivity index (χ0) is 18.4. The summed E-state index contributed by atoms with van der Waals surface area (Å²) in [5.74, 6) is -0.257. The highest BCUT2D eigenvalue weighted by Gasteiger charge is 2.23. The van der Waals surface area contributed by atoms with Gasteiger partial charge in [-0.05, 0) is 30.2 Å². The van der Waals surface area contributed by atoms with Crippen molar-refractivity contribution in [3.63, 3.8) is 0 Å². The number of carbonyl (C=O) groups excluding carboxylic acids is 1. The van der Waals surface area contributed by atoms with Gasteiger partial charge in [-0.25, -0.2) is 4.39 Å². The highest BCUT2D eigenvalue weighted by molar-refractivity contribution is 5.78. The summed E-state index contributed by atoms with van der Waals surface area (Å²) in [5, 5.41) is 3.04. The van der Waals surface area contributed by atoms with Gasteiger partial charge in [-0.15, -0.1) is 0 Å². The average Bonchev–Trinajstić information content (AvgIpc) is 2.66. The van der Waals surface area contributed by atoms with Crippen LogP contribution in [0, 0.1) is 12.7 Å². The van der Waals surface area contributed by atoms with Gasteiger partial charge in [0.2, 0.25) is 5.91 Å². The first-order valence-electron chi connectivity index (χ1n) is 9.01. The number of ether oxygens (including phenoxy) is 1. The molecule has 3 rings (SSSR count). The van der Waals surface area contributed by atoms with Gasteiger partial charge in [-0.3, -0.25) is 9.69 Å². The lowest BCUT2D eigenvalue weighted by Crippen LogP contribution is -2.44. The standard InChI is InChI=1S/C21H25FN2O2/c1-16-2-4-17(5-3-16)14-21(25)23-15-20(24-10-12-26-13-11-24)18-6-8-19(22)9-7-18/h2-9,20H,10-15H2,1H3,(H,23,25)/t20-/m1/s1. The Bertz CT molecular complexity index is 710. The van der Waals surface area contributed by atoms with Crippen molar-refractivity contribution < 1.29 is 13.9 Å². The Morgan fingerprint density at radius 1 is 1.12 bits per heavy atom. The first kappa shape index (κ1) is 18.5. The lowest BCUT2D eigenvalue weighted by Gasteiger charge is -2.35. The molecule has 0 aliphatic carbocycles. The molecule has 0 spiro atoms. The predicted octanol–water partition coefficient (Wildman–Crippen LogP) is 2.87. The van der Waals surface area contributed by atoms with Crippen molar-refractivity contribution >= 4 is 5.91 Å². The third kappa shape index (κ3) is 5.13. The number of morpholine rings is 1. The molecule has 1 amide bonds. The highest BCUT2D eigenvalue weighted by Crippen LogP contribution is 2.21. The van der Waals surface area contributed by atoms with Crippen LogP contribution >= 0.6 is 0 Å². The maximum atomic E-state index is 13.3. The normalized spacial score (nSPS) is 16.2. The van der Waals surface area contributed by atoms with Gasteiger partial charge in [0.05, 0.1) is 25.7 Å². The largest absolute Gasteiger partial charge is 0.379 e. The molecule has 2 aromatic rings. The van der Waals surface area contributed by atoms with Crippen LogP contribution in [0.25, 0.3) is 0 Å². The summed E-state index contributed by atoms with van der Waals surface area (Å²) < 4.78 is 18.7. The molecule has 1 saturated heterocycles. The number of hydrogen-bond acceptors (Lipinski definition) is 3. The van der Waals surface area contributed by atoms with E-state index in [9.17, 15) is 9.18 Å². The molecule has 0 saturated carbocycles. The van der Waals surface area contributed by atoms with E-state index >= 15 is 0 Å². The van der Waals surface area contributed by atoms with Gasteiger partial charge < -0.3 is 10.1 Å². The van der Waals surface area contributed by atoms with E-state index < -0.39 is 0 Å². The number of amides is 1. The minimum Gasteiger partial charge on any atom is -0.379 e. The zero-order valence-electron chi connectivity index (χ0n) is 15.1. The van der Waals surface area contributed by atoms with Crippen LogP contribution in [0.4, 0.5) is 4.39 Å². The molecule has 1 N–H and O–H groups in total. The zero-order valence-corrected chi connectivity index (χ0v) is 15.1. The molecule has 4 nitrogen and oxygen atoms in total. The average molecular weight is 356 g/mol. The first-order valence-corrected chi connectivity index (χ1v) is 9.01. The Labute approximate surface area is 154 Å². The van der Waals surface area contributed by atoms with Gasteiger partial charge in [0.25, 0.3) is 0 Å². The number of rotatable bonds is 6. The number of nitrogens with zero attached hydrogens (tertiary/aromatic N) is 1. The maximum Gasteiger partial charge on any atom is 0.224 e. The second-order valence-electron chi connectivity index (χ2n) is 6.68. The quantitative estimate of drug-likeness (QED) is 0.865. The molecular formula is C21H25FN2O2. The number of aryl methyl sites for hydroxylation is 1.